The zero-order valence-electron chi connectivity index (χ0n) is 8.05. The minimum Gasteiger partial charge on any atom is -0.469 e. The average Bonchev–Trinajstić information content (AvgIpc) is 1.92. The lowest BCUT2D eigenvalue weighted by Crippen LogP contribution is -2.66. The SMILES string of the molecule is COC(=O)C12CC(CC(C)=O)(C1)C2. The first-order chi connectivity index (χ1) is 6.02. The van der Waals surface area contributed by atoms with E-state index < -0.39 is 0 Å². The first-order valence-corrected chi connectivity index (χ1v) is 4.60. The van der Waals surface area contributed by atoms with Gasteiger partial charge in [-0.3, -0.25) is 4.79 Å². The van der Waals surface area contributed by atoms with Gasteiger partial charge in [-0.1, -0.05) is 0 Å². The summed E-state index contributed by atoms with van der Waals surface area (Å²) in [6.07, 6.45) is 3.25. The van der Waals surface area contributed by atoms with E-state index >= 15 is 0 Å². The molecule has 3 saturated carbocycles. The average molecular weight is 182 g/mol. The highest BCUT2D eigenvalue weighted by molar-refractivity contribution is 5.83. The summed E-state index contributed by atoms with van der Waals surface area (Å²) in [5.74, 6) is 0.149. The fourth-order valence-corrected chi connectivity index (χ4v) is 3.15. The predicted molar refractivity (Wildman–Crippen MR) is 46.0 cm³/mol. The molecule has 0 N–H and O–H groups in total. The molecule has 0 unspecified atom stereocenters. The Kier molecular flexibility index (Phi) is 1.57. The third kappa shape index (κ3) is 1.02. The Labute approximate surface area is 77.4 Å². The van der Waals surface area contributed by atoms with Crippen molar-refractivity contribution in [1.29, 1.82) is 0 Å². The van der Waals surface area contributed by atoms with Gasteiger partial charge in [-0.2, -0.15) is 0 Å². The Morgan fingerprint density at radius 3 is 2.23 bits per heavy atom. The Hall–Kier alpha value is -0.860. The molecule has 0 saturated heterocycles. The molecule has 0 aromatic heterocycles. The van der Waals surface area contributed by atoms with Crippen LogP contribution in [0.1, 0.15) is 32.6 Å². The van der Waals surface area contributed by atoms with Crippen molar-refractivity contribution in [1.82, 2.24) is 0 Å². The number of esters is 1. The van der Waals surface area contributed by atoms with Crippen LogP contribution in [0.2, 0.25) is 0 Å². The molecule has 0 heterocycles. The number of ether oxygens (including phenoxy) is 1. The van der Waals surface area contributed by atoms with E-state index in [4.69, 9.17) is 4.74 Å². The lowest BCUT2D eigenvalue weighted by molar-refractivity contribution is -0.226. The lowest BCUT2D eigenvalue weighted by Gasteiger charge is -2.68. The standard InChI is InChI=1S/C10H14O3/c1-7(11)3-9-4-10(5-9,6-9)8(12)13-2/h3-6H2,1-2H3. The maximum absolute atomic E-state index is 11.3. The van der Waals surface area contributed by atoms with Crippen LogP contribution in [0.3, 0.4) is 0 Å². The van der Waals surface area contributed by atoms with Crippen molar-refractivity contribution in [3.8, 4) is 0 Å². The molecule has 3 heteroatoms. The minimum atomic E-state index is -0.190. The smallest absolute Gasteiger partial charge is 0.311 e. The fourth-order valence-electron chi connectivity index (χ4n) is 3.15. The summed E-state index contributed by atoms with van der Waals surface area (Å²) >= 11 is 0. The molecule has 0 atom stereocenters. The third-order valence-electron chi connectivity index (χ3n) is 3.38. The van der Waals surface area contributed by atoms with Crippen LogP contribution in [-0.2, 0) is 14.3 Å². The van der Waals surface area contributed by atoms with Crippen molar-refractivity contribution in [3.63, 3.8) is 0 Å². The van der Waals surface area contributed by atoms with Crippen LogP contribution >= 0.6 is 0 Å². The fraction of sp³-hybridized carbons (Fsp3) is 0.800. The van der Waals surface area contributed by atoms with Gasteiger partial charge < -0.3 is 9.53 Å². The van der Waals surface area contributed by atoms with E-state index in [9.17, 15) is 9.59 Å². The van der Waals surface area contributed by atoms with Crippen LogP contribution in [0.5, 0.6) is 0 Å². The number of Topliss-reactive ketones (excluding diaryl/α,β-unsaturated/α-hetero) is 1. The second-order valence-corrected chi connectivity index (χ2v) is 4.68. The molecule has 0 aromatic rings. The summed E-state index contributed by atoms with van der Waals surface area (Å²) in [6, 6.07) is 0. The normalized spacial score (nSPS) is 40.2. The summed E-state index contributed by atoms with van der Waals surface area (Å²) < 4.78 is 4.72. The molecule has 2 bridgehead atoms. The van der Waals surface area contributed by atoms with E-state index in [-0.39, 0.29) is 22.6 Å². The van der Waals surface area contributed by atoms with Gasteiger partial charge in [0.05, 0.1) is 12.5 Å². The van der Waals surface area contributed by atoms with E-state index in [1.165, 1.54) is 7.11 Å². The third-order valence-corrected chi connectivity index (χ3v) is 3.38. The lowest BCUT2D eigenvalue weighted by atomic mass is 9.34. The molecule has 3 nitrogen and oxygen atoms in total. The highest BCUT2D eigenvalue weighted by Gasteiger charge is 2.72. The van der Waals surface area contributed by atoms with E-state index in [1.54, 1.807) is 6.92 Å². The molecule has 72 valence electrons. The van der Waals surface area contributed by atoms with Crippen molar-refractivity contribution < 1.29 is 14.3 Å². The molecule has 0 radical (unpaired) electrons. The summed E-state index contributed by atoms with van der Waals surface area (Å²) in [6.45, 7) is 1.62. The van der Waals surface area contributed by atoms with Crippen molar-refractivity contribution in [2.75, 3.05) is 7.11 Å². The molecule has 0 spiro atoms. The molecule has 3 rings (SSSR count). The van der Waals surface area contributed by atoms with Crippen molar-refractivity contribution in [3.05, 3.63) is 0 Å². The van der Waals surface area contributed by atoms with Crippen LogP contribution in [0.4, 0.5) is 0 Å². The molecule has 13 heavy (non-hydrogen) atoms. The molecule has 0 aliphatic heterocycles. The molecule has 3 aliphatic carbocycles. The Morgan fingerprint density at radius 1 is 1.31 bits per heavy atom. The highest BCUT2D eigenvalue weighted by atomic mass is 16.5. The van der Waals surface area contributed by atoms with Gasteiger partial charge in [-0.05, 0) is 31.6 Å². The van der Waals surface area contributed by atoms with Crippen molar-refractivity contribution in [2.45, 2.75) is 32.6 Å². The molecule has 3 fully saturated rings. The van der Waals surface area contributed by atoms with Gasteiger partial charge in [0, 0.05) is 6.42 Å². The van der Waals surface area contributed by atoms with Crippen LogP contribution in [0.25, 0.3) is 0 Å². The summed E-state index contributed by atoms with van der Waals surface area (Å²) in [5.41, 5.74) is -0.00970. The quantitative estimate of drug-likeness (QED) is 0.618. The number of ketones is 1. The Bertz CT molecular complexity index is 260. The monoisotopic (exact) mass is 182 g/mol. The number of rotatable bonds is 3. The maximum atomic E-state index is 11.3. The van der Waals surface area contributed by atoms with Crippen LogP contribution in [-0.4, -0.2) is 18.9 Å². The van der Waals surface area contributed by atoms with Gasteiger partial charge >= 0.3 is 5.97 Å². The first-order valence-electron chi connectivity index (χ1n) is 4.60. The van der Waals surface area contributed by atoms with E-state index in [1.807, 2.05) is 0 Å². The van der Waals surface area contributed by atoms with Gasteiger partial charge in [-0.15, -0.1) is 0 Å². The highest BCUT2D eigenvalue weighted by Crippen LogP contribution is 2.75. The van der Waals surface area contributed by atoms with E-state index in [0.29, 0.717) is 6.42 Å². The number of hydrogen-bond acceptors (Lipinski definition) is 3. The molecular weight excluding hydrogens is 168 g/mol. The first kappa shape index (κ1) is 8.73. The number of carbonyl (C=O) groups is 2. The number of methoxy groups -OCH3 is 1. The van der Waals surface area contributed by atoms with Gasteiger partial charge in [0.15, 0.2) is 0 Å². The molecule has 3 aliphatic rings. The second kappa shape index (κ2) is 2.34. The van der Waals surface area contributed by atoms with Gasteiger partial charge in [0.25, 0.3) is 0 Å². The molecule has 0 aromatic carbocycles. The Morgan fingerprint density at radius 2 is 1.85 bits per heavy atom. The van der Waals surface area contributed by atoms with Gasteiger partial charge in [-0.25, -0.2) is 0 Å². The van der Waals surface area contributed by atoms with Crippen molar-refractivity contribution in [2.24, 2.45) is 10.8 Å². The van der Waals surface area contributed by atoms with E-state index in [0.717, 1.165) is 19.3 Å². The Balaban J connectivity index is 1.93. The summed E-state index contributed by atoms with van der Waals surface area (Å²) in [4.78, 5) is 22.2. The molecular formula is C10H14O3. The molecule has 0 amide bonds. The minimum absolute atomic E-state index is 0.0853. The number of hydrogen-bond donors (Lipinski definition) is 0. The van der Waals surface area contributed by atoms with Gasteiger partial charge in [0.2, 0.25) is 0 Å². The largest absolute Gasteiger partial charge is 0.469 e. The van der Waals surface area contributed by atoms with Crippen LogP contribution in [0.15, 0.2) is 0 Å². The van der Waals surface area contributed by atoms with Crippen molar-refractivity contribution >= 4 is 11.8 Å². The van der Waals surface area contributed by atoms with Gasteiger partial charge in [0.1, 0.15) is 5.78 Å². The zero-order valence-corrected chi connectivity index (χ0v) is 8.05. The maximum Gasteiger partial charge on any atom is 0.311 e. The zero-order chi connectivity index (χ0) is 9.69. The van der Waals surface area contributed by atoms with Crippen LogP contribution < -0.4 is 0 Å². The second-order valence-electron chi connectivity index (χ2n) is 4.68. The summed E-state index contributed by atoms with van der Waals surface area (Å²) in [7, 11) is 1.43. The van der Waals surface area contributed by atoms with Crippen LogP contribution in [0, 0.1) is 10.8 Å². The summed E-state index contributed by atoms with van der Waals surface area (Å²) in [5, 5.41) is 0. The number of carbonyl (C=O) groups excluding carboxylic acids is 2. The van der Waals surface area contributed by atoms with E-state index in [2.05, 4.69) is 0 Å². The predicted octanol–water partition coefficient (Wildman–Crippen LogP) is 1.31. The topological polar surface area (TPSA) is 43.4 Å².